The molecule has 4 aromatic rings. The Morgan fingerprint density at radius 1 is 1.10 bits per heavy atom. The number of nitrogens with one attached hydrogen (secondary N) is 3. The second-order valence-electron chi connectivity index (χ2n) is 6.45. The summed E-state index contributed by atoms with van der Waals surface area (Å²) in [6.45, 7) is 2.75. The maximum Gasteiger partial charge on any atom is 0.291 e. The molecule has 2 amide bonds. The average Bonchev–Trinajstić information content (AvgIpc) is 3.43. The number of nitrogens with zero attached hydrogens (tertiary/aromatic N) is 4. The van der Waals surface area contributed by atoms with Crippen molar-refractivity contribution in [2.24, 2.45) is 0 Å². The van der Waals surface area contributed by atoms with E-state index in [1.807, 2.05) is 13.0 Å². The second-order valence-corrected chi connectivity index (χ2v) is 6.45. The molecule has 0 aliphatic heterocycles. The van der Waals surface area contributed by atoms with Crippen LogP contribution >= 0.6 is 0 Å². The maximum atomic E-state index is 12.4. The van der Waals surface area contributed by atoms with Crippen molar-refractivity contribution in [2.75, 3.05) is 23.7 Å². The summed E-state index contributed by atoms with van der Waals surface area (Å²) in [6.07, 6.45) is 2.86. The lowest BCUT2D eigenvalue weighted by atomic mass is 10.2. The standard InChI is InChI=1S/C20H19N7O3/c1-13-10-17(27-20(25-13)23-12-24-27)21-7-8-22-18(28)14-4-2-5-15(11-14)26-19(29)16-6-3-9-30-16/h2-6,9-12,21H,7-8H2,1H3,(H,22,28)(H,26,29). The van der Waals surface area contributed by atoms with Gasteiger partial charge in [-0.3, -0.25) is 9.59 Å². The molecule has 3 N–H and O–H groups in total. The number of carbonyl (C=O) groups is 2. The predicted molar refractivity (Wildman–Crippen MR) is 109 cm³/mol. The molecule has 30 heavy (non-hydrogen) atoms. The van der Waals surface area contributed by atoms with Gasteiger partial charge in [0.15, 0.2) is 5.76 Å². The van der Waals surface area contributed by atoms with E-state index in [9.17, 15) is 9.59 Å². The normalized spacial score (nSPS) is 10.7. The predicted octanol–water partition coefficient (Wildman–Crippen LogP) is 2.12. The van der Waals surface area contributed by atoms with E-state index in [0.29, 0.717) is 30.1 Å². The molecule has 0 spiro atoms. The monoisotopic (exact) mass is 405 g/mol. The van der Waals surface area contributed by atoms with Gasteiger partial charge in [-0.15, -0.1) is 0 Å². The fraction of sp³-hybridized carbons (Fsp3) is 0.150. The Kier molecular flexibility index (Phi) is 5.37. The molecule has 3 heterocycles. The van der Waals surface area contributed by atoms with Crippen LogP contribution in [-0.2, 0) is 0 Å². The number of fused-ring (bicyclic) bond motifs is 1. The van der Waals surface area contributed by atoms with Crippen molar-refractivity contribution in [3.63, 3.8) is 0 Å². The molecule has 10 nitrogen and oxygen atoms in total. The Hall–Kier alpha value is -4.21. The van der Waals surface area contributed by atoms with Gasteiger partial charge in [-0.25, -0.2) is 4.98 Å². The van der Waals surface area contributed by atoms with Crippen LogP contribution in [0.25, 0.3) is 5.78 Å². The summed E-state index contributed by atoms with van der Waals surface area (Å²) in [5.41, 5.74) is 1.75. The zero-order chi connectivity index (χ0) is 20.9. The molecule has 152 valence electrons. The van der Waals surface area contributed by atoms with Crippen molar-refractivity contribution in [2.45, 2.75) is 6.92 Å². The number of benzene rings is 1. The molecule has 0 unspecified atom stereocenters. The number of carbonyl (C=O) groups excluding carboxylic acids is 2. The SMILES string of the molecule is Cc1cc(NCCNC(=O)c2cccc(NC(=O)c3ccco3)c2)n2ncnc2n1. The Morgan fingerprint density at radius 2 is 2.00 bits per heavy atom. The molecule has 0 saturated heterocycles. The quantitative estimate of drug-likeness (QED) is 0.402. The van der Waals surface area contributed by atoms with Crippen molar-refractivity contribution in [3.8, 4) is 0 Å². The zero-order valence-electron chi connectivity index (χ0n) is 16.1. The molecule has 0 aliphatic rings. The Labute approximate surface area is 171 Å². The van der Waals surface area contributed by atoms with Gasteiger partial charge in [-0.05, 0) is 37.3 Å². The highest BCUT2D eigenvalue weighted by atomic mass is 16.3. The van der Waals surface area contributed by atoms with Gasteiger partial charge >= 0.3 is 0 Å². The second kappa shape index (κ2) is 8.43. The van der Waals surface area contributed by atoms with Gasteiger partial charge in [0.1, 0.15) is 12.1 Å². The molecule has 0 atom stereocenters. The van der Waals surface area contributed by atoms with Gasteiger partial charge < -0.3 is 20.4 Å². The number of furan rings is 1. The van der Waals surface area contributed by atoms with E-state index in [2.05, 4.69) is 31.0 Å². The highest BCUT2D eigenvalue weighted by molar-refractivity contribution is 6.03. The summed E-state index contributed by atoms with van der Waals surface area (Å²) in [7, 11) is 0. The molecule has 3 aromatic heterocycles. The van der Waals surface area contributed by atoms with Crippen molar-refractivity contribution >= 4 is 29.1 Å². The number of hydrogen-bond donors (Lipinski definition) is 3. The fourth-order valence-electron chi connectivity index (χ4n) is 2.86. The van der Waals surface area contributed by atoms with Gasteiger partial charge in [0.25, 0.3) is 17.6 Å². The van der Waals surface area contributed by atoms with Crippen molar-refractivity contribution in [1.82, 2.24) is 24.9 Å². The summed E-state index contributed by atoms with van der Waals surface area (Å²) in [5, 5.41) is 12.9. The molecule has 1 aromatic carbocycles. The first-order valence-corrected chi connectivity index (χ1v) is 9.24. The fourth-order valence-corrected chi connectivity index (χ4v) is 2.86. The smallest absolute Gasteiger partial charge is 0.291 e. The van der Waals surface area contributed by atoms with Crippen LogP contribution in [0, 0.1) is 6.92 Å². The molecule has 0 bridgehead atoms. The first kappa shape index (κ1) is 19.1. The number of hydrogen-bond acceptors (Lipinski definition) is 7. The number of anilines is 2. The molecule has 0 aliphatic carbocycles. The Morgan fingerprint density at radius 3 is 2.83 bits per heavy atom. The van der Waals surface area contributed by atoms with Crippen molar-refractivity contribution in [3.05, 3.63) is 72.1 Å². The molecular formula is C20H19N7O3. The third-order valence-electron chi connectivity index (χ3n) is 4.22. The van der Waals surface area contributed by atoms with Crippen LogP contribution in [0.1, 0.15) is 26.6 Å². The van der Waals surface area contributed by atoms with Gasteiger partial charge in [0.05, 0.1) is 6.26 Å². The summed E-state index contributed by atoms with van der Waals surface area (Å²) in [4.78, 5) is 32.9. The van der Waals surface area contributed by atoms with Crippen LogP contribution in [0.15, 0.2) is 59.5 Å². The van der Waals surface area contributed by atoms with E-state index in [1.165, 1.54) is 12.6 Å². The average molecular weight is 405 g/mol. The maximum absolute atomic E-state index is 12.4. The van der Waals surface area contributed by atoms with Crippen LogP contribution in [0.2, 0.25) is 0 Å². The van der Waals surface area contributed by atoms with E-state index in [-0.39, 0.29) is 17.6 Å². The topological polar surface area (TPSA) is 126 Å². The van der Waals surface area contributed by atoms with E-state index in [1.54, 1.807) is 40.9 Å². The Balaban J connectivity index is 1.32. The summed E-state index contributed by atoms with van der Waals surface area (Å²) in [5.74, 6) is 0.821. The van der Waals surface area contributed by atoms with E-state index in [0.717, 1.165) is 11.5 Å². The molecule has 10 heteroatoms. The first-order valence-electron chi connectivity index (χ1n) is 9.24. The molecule has 4 rings (SSSR count). The number of rotatable bonds is 7. The lowest BCUT2D eigenvalue weighted by Crippen LogP contribution is -2.29. The summed E-state index contributed by atoms with van der Waals surface area (Å²) >= 11 is 0. The Bertz CT molecular complexity index is 1180. The highest BCUT2D eigenvalue weighted by Crippen LogP contribution is 2.13. The molecule has 0 radical (unpaired) electrons. The number of aromatic nitrogens is 4. The van der Waals surface area contributed by atoms with E-state index in [4.69, 9.17) is 4.42 Å². The van der Waals surface area contributed by atoms with Crippen molar-refractivity contribution in [1.29, 1.82) is 0 Å². The van der Waals surface area contributed by atoms with Crippen LogP contribution in [-0.4, -0.2) is 44.5 Å². The highest BCUT2D eigenvalue weighted by Gasteiger charge is 2.11. The van der Waals surface area contributed by atoms with E-state index >= 15 is 0 Å². The lowest BCUT2D eigenvalue weighted by molar-refractivity contribution is 0.0953. The van der Waals surface area contributed by atoms with Crippen LogP contribution < -0.4 is 16.0 Å². The van der Waals surface area contributed by atoms with Crippen LogP contribution in [0.4, 0.5) is 11.5 Å². The van der Waals surface area contributed by atoms with Gasteiger partial charge in [0, 0.05) is 36.1 Å². The number of amides is 2. The minimum absolute atomic E-state index is 0.198. The summed E-state index contributed by atoms with van der Waals surface area (Å²) in [6, 6.07) is 11.7. The first-order chi connectivity index (χ1) is 14.6. The largest absolute Gasteiger partial charge is 0.459 e. The minimum atomic E-state index is -0.381. The van der Waals surface area contributed by atoms with Gasteiger partial charge in [-0.2, -0.15) is 14.6 Å². The summed E-state index contributed by atoms with van der Waals surface area (Å²) < 4.78 is 6.66. The van der Waals surface area contributed by atoms with Gasteiger partial charge in [-0.1, -0.05) is 6.07 Å². The zero-order valence-corrected chi connectivity index (χ0v) is 16.1. The lowest BCUT2D eigenvalue weighted by Gasteiger charge is -2.10. The van der Waals surface area contributed by atoms with Gasteiger partial charge in [0.2, 0.25) is 0 Å². The molecule has 0 fully saturated rings. The van der Waals surface area contributed by atoms with Crippen molar-refractivity contribution < 1.29 is 14.0 Å². The van der Waals surface area contributed by atoms with Crippen LogP contribution in [0.5, 0.6) is 0 Å². The molecule has 0 saturated carbocycles. The van der Waals surface area contributed by atoms with Crippen LogP contribution in [0.3, 0.4) is 0 Å². The third kappa shape index (κ3) is 4.27. The van der Waals surface area contributed by atoms with E-state index < -0.39 is 0 Å². The number of aryl methyl sites for hydroxylation is 1. The third-order valence-corrected chi connectivity index (χ3v) is 4.22. The minimum Gasteiger partial charge on any atom is -0.459 e. The molecular weight excluding hydrogens is 386 g/mol.